The third kappa shape index (κ3) is 3.95. The van der Waals surface area contributed by atoms with E-state index in [9.17, 15) is 0 Å². The van der Waals surface area contributed by atoms with Gasteiger partial charge < -0.3 is 19.4 Å². The first kappa shape index (κ1) is 21.8. The van der Waals surface area contributed by atoms with E-state index in [0.29, 0.717) is 32.4 Å². The third-order valence-electron chi connectivity index (χ3n) is 5.58. The highest BCUT2D eigenvalue weighted by molar-refractivity contribution is 7.80. The summed E-state index contributed by atoms with van der Waals surface area (Å²) in [6, 6.07) is 22.3. The minimum Gasteiger partial charge on any atom is -0.495 e. The Hall–Kier alpha value is -3.06. The molecule has 2 aromatic carbocycles. The van der Waals surface area contributed by atoms with Crippen LogP contribution in [0.25, 0.3) is 11.3 Å². The van der Waals surface area contributed by atoms with Crippen molar-refractivity contribution in [2.45, 2.75) is 12.1 Å². The molecule has 1 aliphatic rings. The summed E-state index contributed by atoms with van der Waals surface area (Å²) in [6.07, 6.45) is 1.77. The minimum atomic E-state index is -0.310. The summed E-state index contributed by atoms with van der Waals surface area (Å²) < 4.78 is 12.0. The number of furan rings is 1. The lowest BCUT2D eigenvalue weighted by Gasteiger charge is -2.27. The predicted octanol–water partition coefficient (Wildman–Crippen LogP) is 6.83. The molecule has 4 aromatic rings. The second kappa shape index (κ2) is 9.06. The van der Waals surface area contributed by atoms with Gasteiger partial charge in [-0.15, -0.1) is 0 Å². The van der Waals surface area contributed by atoms with E-state index in [2.05, 4.69) is 10.3 Å². The van der Waals surface area contributed by atoms with Gasteiger partial charge in [-0.1, -0.05) is 47.5 Å². The number of para-hydroxylation sites is 2. The number of methoxy groups -OCH3 is 1. The lowest BCUT2D eigenvalue weighted by Crippen LogP contribution is -2.29. The van der Waals surface area contributed by atoms with Crippen LogP contribution in [-0.4, -0.2) is 17.2 Å². The van der Waals surface area contributed by atoms with Crippen LogP contribution in [0.3, 0.4) is 0 Å². The Bertz CT molecular complexity index is 1310. The van der Waals surface area contributed by atoms with Crippen molar-refractivity contribution in [1.82, 2.24) is 10.3 Å². The first-order valence-corrected chi connectivity index (χ1v) is 11.4. The van der Waals surface area contributed by atoms with Gasteiger partial charge in [0.2, 0.25) is 0 Å². The predicted molar refractivity (Wildman–Crippen MR) is 135 cm³/mol. The summed E-state index contributed by atoms with van der Waals surface area (Å²) in [7, 11) is 1.64. The van der Waals surface area contributed by atoms with E-state index in [1.807, 2.05) is 71.6 Å². The summed E-state index contributed by atoms with van der Waals surface area (Å²) >= 11 is 18.4. The zero-order valence-electron chi connectivity index (χ0n) is 17.5. The average molecular weight is 496 g/mol. The number of nitrogens with one attached hydrogen (secondary N) is 1. The molecule has 5 rings (SSSR count). The maximum atomic E-state index is 6.45. The molecule has 0 spiro atoms. The van der Waals surface area contributed by atoms with Crippen molar-refractivity contribution in [3.63, 3.8) is 0 Å². The maximum absolute atomic E-state index is 6.45. The van der Waals surface area contributed by atoms with E-state index in [1.165, 1.54) is 0 Å². The normalized spacial score (nSPS) is 17.8. The zero-order valence-corrected chi connectivity index (χ0v) is 19.9. The van der Waals surface area contributed by atoms with Crippen LogP contribution in [0.1, 0.15) is 23.5 Å². The van der Waals surface area contributed by atoms with Crippen LogP contribution < -0.4 is 15.0 Å². The van der Waals surface area contributed by atoms with Crippen molar-refractivity contribution in [2.75, 3.05) is 12.0 Å². The van der Waals surface area contributed by atoms with Gasteiger partial charge in [0, 0.05) is 11.8 Å². The van der Waals surface area contributed by atoms with Crippen LogP contribution in [-0.2, 0) is 0 Å². The number of thiocarbonyl (C=S) groups is 1. The van der Waals surface area contributed by atoms with Crippen LogP contribution in [0, 0.1) is 0 Å². The minimum absolute atomic E-state index is 0.238. The van der Waals surface area contributed by atoms with Crippen molar-refractivity contribution in [3.05, 3.63) is 100 Å². The SMILES string of the molecule is COc1ccccc1N1C(=S)N[C@H](c2ccccn2)[C@@H]1c1ccc(-c2cccc(Cl)c2Cl)o1. The van der Waals surface area contributed by atoms with Crippen LogP contribution in [0.4, 0.5) is 5.69 Å². The number of hydrogen-bond donors (Lipinski definition) is 1. The molecule has 0 bridgehead atoms. The Balaban J connectivity index is 1.64. The highest BCUT2D eigenvalue weighted by Gasteiger charge is 2.43. The number of ether oxygens (including phenoxy) is 1. The molecule has 2 atom stereocenters. The van der Waals surface area contributed by atoms with Gasteiger partial charge in [0.1, 0.15) is 23.3 Å². The molecule has 1 fully saturated rings. The summed E-state index contributed by atoms with van der Waals surface area (Å²) in [5, 5.41) is 4.89. The number of rotatable bonds is 5. The van der Waals surface area contributed by atoms with Crippen LogP contribution in [0.15, 0.2) is 83.4 Å². The van der Waals surface area contributed by atoms with Crippen LogP contribution in [0.5, 0.6) is 5.75 Å². The highest BCUT2D eigenvalue weighted by Crippen LogP contribution is 2.46. The quantitative estimate of drug-likeness (QED) is 0.306. The zero-order chi connectivity index (χ0) is 22.9. The molecule has 2 aromatic heterocycles. The van der Waals surface area contributed by atoms with Gasteiger partial charge in [0.25, 0.3) is 0 Å². The smallest absolute Gasteiger partial charge is 0.174 e. The van der Waals surface area contributed by atoms with E-state index in [0.717, 1.165) is 16.9 Å². The summed E-state index contributed by atoms with van der Waals surface area (Å²) in [6.45, 7) is 0. The Morgan fingerprint density at radius 2 is 1.82 bits per heavy atom. The second-order valence-corrected chi connectivity index (χ2v) is 8.64. The van der Waals surface area contributed by atoms with E-state index in [1.54, 1.807) is 19.4 Å². The number of pyridine rings is 1. The second-order valence-electron chi connectivity index (χ2n) is 7.47. The number of halogens is 2. The molecule has 1 aliphatic heterocycles. The summed E-state index contributed by atoms with van der Waals surface area (Å²) in [5.41, 5.74) is 2.41. The van der Waals surface area contributed by atoms with Crippen molar-refractivity contribution in [1.29, 1.82) is 0 Å². The van der Waals surface area contributed by atoms with E-state index in [-0.39, 0.29) is 12.1 Å². The van der Waals surface area contributed by atoms with Gasteiger partial charge in [-0.05, 0) is 60.7 Å². The van der Waals surface area contributed by atoms with Crippen molar-refractivity contribution < 1.29 is 9.15 Å². The fraction of sp³-hybridized carbons (Fsp3) is 0.120. The number of hydrogen-bond acceptors (Lipinski definition) is 4. The molecule has 0 aliphatic carbocycles. The van der Waals surface area contributed by atoms with Gasteiger partial charge >= 0.3 is 0 Å². The fourth-order valence-electron chi connectivity index (χ4n) is 4.08. The number of anilines is 1. The average Bonchev–Trinajstić information content (AvgIpc) is 3.46. The summed E-state index contributed by atoms with van der Waals surface area (Å²) in [4.78, 5) is 6.58. The number of aromatic nitrogens is 1. The molecular formula is C25H19Cl2N3O2S. The van der Waals surface area contributed by atoms with E-state index < -0.39 is 0 Å². The molecular weight excluding hydrogens is 477 g/mol. The van der Waals surface area contributed by atoms with Crippen LogP contribution in [0.2, 0.25) is 10.0 Å². The van der Waals surface area contributed by atoms with Crippen LogP contribution >= 0.6 is 35.4 Å². The van der Waals surface area contributed by atoms with Crippen molar-refractivity contribution in [2.24, 2.45) is 0 Å². The standard InChI is InChI=1S/C25H19Cl2N3O2S/c1-31-20-11-3-2-10-18(20)30-24(23(29-25(30)33)17-9-4-5-14-28-17)21-13-12-19(32-21)15-7-6-8-16(26)22(15)27/h2-14,23-24H,1H3,(H,29,33)/t23-,24+/m1/s1. The molecule has 33 heavy (non-hydrogen) atoms. The molecule has 0 amide bonds. The molecule has 5 nitrogen and oxygen atoms in total. The summed E-state index contributed by atoms with van der Waals surface area (Å²) in [5.74, 6) is 2.03. The third-order valence-corrected chi connectivity index (χ3v) is 6.71. The molecule has 0 radical (unpaired) electrons. The molecule has 3 heterocycles. The van der Waals surface area contributed by atoms with Gasteiger partial charge in [-0.3, -0.25) is 4.98 Å². The Labute approximate surface area is 206 Å². The highest BCUT2D eigenvalue weighted by atomic mass is 35.5. The Morgan fingerprint density at radius 1 is 1.00 bits per heavy atom. The van der Waals surface area contributed by atoms with Crippen molar-refractivity contribution in [3.8, 4) is 17.1 Å². The molecule has 1 N–H and O–H groups in total. The maximum Gasteiger partial charge on any atom is 0.174 e. The topological polar surface area (TPSA) is 50.5 Å². The fourth-order valence-corrected chi connectivity index (χ4v) is 4.82. The molecule has 8 heteroatoms. The van der Waals surface area contributed by atoms with Gasteiger partial charge in [0.15, 0.2) is 5.11 Å². The molecule has 1 saturated heterocycles. The number of benzene rings is 2. The molecule has 0 saturated carbocycles. The van der Waals surface area contributed by atoms with E-state index in [4.69, 9.17) is 44.6 Å². The molecule has 0 unspecified atom stereocenters. The van der Waals surface area contributed by atoms with E-state index >= 15 is 0 Å². The lowest BCUT2D eigenvalue weighted by atomic mass is 10.0. The Morgan fingerprint density at radius 3 is 2.61 bits per heavy atom. The molecule has 166 valence electrons. The first-order chi connectivity index (χ1) is 16.1. The monoisotopic (exact) mass is 495 g/mol. The van der Waals surface area contributed by atoms with Gasteiger partial charge in [-0.2, -0.15) is 0 Å². The first-order valence-electron chi connectivity index (χ1n) is 10.3. The van der Waals surface area contributed by atoms with Gasteiger partial charge in [-0.25, -0.2) is 0 Å². The largest absolute Gasteiger partial charge is 0.495 e. The number of nitrogens with zero attached hydrogens (tertiary/aromatic N) is 2. The van der Waals surface area contributed by atoms with Crippen molar-refractivity contribution >= 4 is 46.2 Å². The Kier molecular flexibility index (Phi) is 5.98. The van der Waals surface area contributed by atoms with Gasteiger partial charge in [0.05, 0.1) is 34.6 Å². The lowest BCUT2D eigenvalue weighted by molar-refractivity contribution is 0.409.